The van der Waals surface area contributed by atoms with Crippen molar-refractivity contribution in [3.8, 4) is 0 Å². The molecule has 2 atom stereocenters. The largest absolute Gasteiger partial charge is 0.323 e. The fourth-order valence-electron chi connectivity index (χ4n) is 1.77. The highest BCUT2D eigenvalue weighted by Crippen LogP contribution is 2.16. The highest BCUT2D eigenvalue weighted by molar-refractivity contribution is 7.09. The molecule has 2 heterocycles. The number of nitrogens with zero attached hydrogens (tertiary/aromatic N) is 3. The molecule has 0 fully saturated rings. The molecule has 0 amide bonds. The van der Waals surface area contributed by atoms with Crippen LogP contribution in [-0.2, 0) is 7.05 Å². The van der Waals surface area contributed by atoms with E-state index in [2.05, 4.69) is 22.3 Å². The molecule has 2 rings (SSSR count). The van der Waals surface area contributed by atoms with Crippen LogP contribution in [-0.4, -0.2) is 27.9 Å². The summed E-state index contributed by atoms with van der Waals surface area (Å²) >= 11 is 1.69. The molecule has 0 aliphatic rings. The van der Waals surface area contributed by atoms with Crippen molar-refractivity contribution < 1.29 is 0 Å². The summed E-state index contributed by atoms with van der Waals surface area (Å²) in [5, 5.41) is 10.7. The van der Waals surface area contributed by atoms with Gasteiger partial charge in [-0.05, 0) is 0 Å². The van der Waals surface area contributed by atoms with E-state index in [0.29, 0.717) is 5.92 Å². The van der Waals surface area contributed by atoms with E-state index in [1.807, 2.05) is 31.0 Å². The number of rotatable bonds is 6. The van der Waals surface area contributed by atoms with Gasteiger partial charge in [0.25, 0.3) is 0 Å². The van der Waals surface area contributed by atoms with Crippen molar-refractivity contribution in [1.29, 1.82) is 0 Å². The van der Waals surface area contributed by atoms with Gasteiger partial charge in [0.15, 0.2) is 0 Å². The Morgan fingerprint density at radius 1 is 1.50 bits per heavy atom. The van der Waals surface area contributed by atoms with E-state index in [1.54, 1.807) is 16.0 Å². The second-order valence-corrected chi connectivity index (χ2v) is 5.41. The zero-order valence-corrected chi connectivity index (χ0v) is 11.5. The SMILES string of the molecule is CC(CNCC(N)c1cnn(C)c1)c1nccs1. The number of nitrogens with one attached hydrogen (secondary N) is 1. The Bertz CT molecular complexity index is 465. The first kappa shape index (κ1) is 13.2. The standard InChI is InChI=1S/C12H19N5S/c1-9(12-15-3-4-18-12)5-14-7-11(13)10-6-16-17(2)8-10/h3-4,6,8-9,11,14H,5,7,13H2,1-2H3. The van der Waals surface area contributed by atoms with Crippen molar-refractivity contribution in [2.45, 2.75) is 18.9 Å². The van der Waals surface area contributed by atoms with E-state index in [0.717, 1.165) is 23.7 Å². The maximum Gasteiger partial charge on any atom is 0.0965 e. The van der Waals surface area contributed by atoms with Gasteiger partial charge < -0.3 is 11.1 Å². The van der Waals surface area contributed by atoms with Crippen LogP contribution in [0.4, 0.5) is 0 Å². The smallest absolute Gasteiger partial charge is 0.0965 e. The zero-order valence-electron chi connectivity index (χ0n) is 10.7. The van der Waals surface area contributed by atoms with E-state index >= 15 is 0 Å². The highest BCUT2D eigenvalue weighted by Gasteiger charge is 2.10. The molecule has 18 heavy (non-hydrogen) atoms. The first-order valence-electron chi connectivity index (χ1n) is 6.01. The van der Waals surface area contributed by atoms with Crippen LogP contribution >= 0.6 is 11.3 Å². The Morgan fingerprint density at radius 2 is 2.33 bits per heavy atom. The summed E-state index contributed by atoms with van der Waals surface area (Å²) in [7, 11) is 1.90. The van der Waals surface area contributed by atoms with Gasteiger partial charge in [0, 0.05) is 55.4 Å². The maximum absolute atomic E-state index is 6.08. The average molecular weight is 265 g/mol. The van der Waals surface area contributed by atoms with Crippen molar-refractivity contribution in [1.82, 2.24) is 20.1 Å². The van der Waals surface area contributed by atoms with Crippen LogP contribution < -0.4 is 11.1 Å². The van der Waals surface area contributed by atoms with Gasteiger partial charge in [0.2, 0.25) is 0 Å². The second-order valence-electron chi connectivity index (χ2n) is 4.48. The minimum absolute atomic E-state index is 0.0119. The summed E-state index contributed by atoms with van der Waals surface area (Å²) in [4.78, 5) is 4.31. The van der Waals surface area contributed by atoms with Crippen LogP contribution in [0.25, 0.3) is 0 Å². The van der Waals surface area contributed by atoms with E-state index in [9.17, 15) is 0 Å². The van der Waals surface area contributed by atoms with Crippen molar-refractivity contribution in [2.75, 3.05) is 13.1 Å². The van der Waals surface area contributed by atoms with Crippen LogP contribution in [0.15, 0.2) is 24.0 Å². The van der Waals surface area contributed by atoms with Gasteiger partial charge in [0.05, 0.1) is 11.2 Å². The molecule has 5 nitrogen and oxygen atoms in total. The van der Waals surface area contributed by atoms with Crippen molar-refractivity contribution >= 4 is 11.3 Å². The lowest BCUT2D eigenvalue weighted by atomic mass is 10.1. The topological polar surface area (TPSA) is 68.8 Å². The number of aryl methyl sites for hydroxylation is 1. The van der Waals surface area contributed by atoms with Crippen molar-refractivity contribution in [2.24, 2.45) is 12.8 Å². The lowest BCUT2D eigenvalue weighted by Gasteiger charge is -2.13. The van der Waals surface area contributed by atoms with Gasteiger partial charge in [-0.25, -0.2) is 4.98 Å². The molecular weight excluding hydrogens is 246 g/mol. The molecule has 0 spiro atoms. The molecule has 98 valence electrons. The minimum Gasteiger partial charge on any atom is -0.323 e. The molecule has 0 bridgehead atoms. The zero-order chi connectivity index (χ0) is 13.0. The van der Waals surface area contributed by atoms with Crippen molar-refractivity contribution in [3.63, 3.8) is 0 Å². The summed E-state index contributed by atoms with van der Waals surface area (Å²) in [6.45, 7) is 3.81. The molecule has 2 aromatic heterocycles. The first-order valence-corrected chi connectivity index (χ1v) is 6.89. The third kappa shape index (κ3) is 3.38. The van der Waals surface area contributed by atoms with Crippen LogP contribution in [0.1, 0.15) is 29.5 Å². The van der Waals surface area contributed by atoms with E-state index in [-0.39, 0.29) is 6.04 Å². The van der Waals surface area contributed by atoms with E-state index < -0.39 is 0 Å². The summed E-state index contributed by atoms with van der Waals surface area (Å²) in [5.41, 5.74) is 7.15. The molecule has 0 saturated carbocycles. The van der Waals surface area contributed by atoms with Crippen LogP contribution in [0.3, 0.4) is 0 Å². The molecule has 2 unspecified atom stereocenters. The Morgan fingerprint density at radius 3 is 2.94 bits per heavy atom. The van der Waals surface area contributed by atoms with Gasteiger partial charge in [0.1, 0.15) is 0 Å². The molecular formula is C12H19N5S. The monoisotopic (exact) mass is 265 g/mol. The normalized spacial score (nSPS) is 14.6. The summed E-state index contributed by atoms with van der Waals surface area (Å²) in [6.07, 6.45) is 5.62. The quantitative estimate of drug-likeness (QED) is 0.825. The van der Waals surface area contributed by atoms with Gasteiger partial charge >= 0.3 is 0 Å². The predicted octanol–water partition coefficient (Wildman–Crippen LogP) is 1.27. The van der Waals surface area contributed by atoms with Crippen LogP contribution in [0.5, 0.6) is 0 Å². The van der Waals surface area contributed by atoms with Crippen molar-refractivity contribution in [3.05, 3.63) is 34.5 Å². The lowest BCUT2D eigenvalue weighted by molar-refractivity contribution is 0.561. The highest BCUT2D eigenvalue weighted by atomic mass is 32.1. The predicted molar refractivity (Wildman–Crippen MR) is 73.5 cm³/mol. The number of thiazole rings is 1. The summed E-state index contributed by atoms with van der Waals surface area (Å²) in [6, 6.07) is -0.0119. The van der Waals surface area contributed by atoms with Gasteiger partial charge in [-0.15, -0.1) is 11.3 Å². The Kier molecular flexibility index (Phi) is 4.46. The molecule has 6 heteroatoms. The molecule has 0 saturated heterocycles. The Balaban J connectivity index is 1.75. The molecule has 2 aromatic rings. The maximum atomic E-state index is 6.08. The van der Waals surface area contributed by atoms with E-state index in [1.165, 1.54) is 0 Å². The number of nitrogens with two attached hydrogens (primary N) is 1. The average Bonchev–Trinajstić information content (AvgIpc) is 2.99. The fraction of sp³-hybridized carbons (Fsp3) is 0.500. The third-order valence-corrected chi connectivity index (χ3v) is 3.85. The van der Waals surface area contributed by atoms with Gasteiger partial charge in [-0.2, -0.15) is 5.10 Å². The lowest BCUT2D eigenvalue weighted by Crippen LogP contribution is -2.29. The number of aromatic nitrogens is 3. The minimum atomic E-state index is -0.0119. The third-order valence-electron chi connectivity index (χ3n) is 2.84. The molecule has 0 aliphatic carbocycles. The van der Waals surface area contributed by atoms with E-state index in [4.69, 9.17) is 5.73 Å². The first-order chi connectivity index (χ1) is 8.66. The molecule has 0 aromatic carbocycles. The molecule has 3 N–H and O–H groups in total. The fourth-order valence-corrected chi connectivity index (χ4v) is 2.47. The molecule has 0 radical (unpaired) electrons. The summed E-state index contributed by atoms with van der Waals surface area (Å²) < 4.78 is 1.77. The number of hydrogen-bond acceptors (Lipinski definition) is 5. The molecule has 0 aliphatic heterocycles. The van der Waals surface area contributed by atoms with Crippen LogP contribution in [0, 0.1) is 0 Å². The van der Waals surface area contributed by atoms with Gasteiger partial charge in [-0.3, -0.25) is 4.68 Å². The number of hydrogen-bond donors (Lipinski definition) is 2. The second kappa shape index (κ2) is 6.08. The Labute approximate surface area is 111 Å². The summed E-state index contributed by atoms with van der Waals surface area (Å²) in [5.74, 6) is 0.422. The Hall–Kier alpha value is -1.24. The van der Waals surface area contributed by atoms with Crippen LogP contribution in [0.2, 0.25) is 0 Å². The van der Waals surface area contributed by atoms with Gasteiger partial charge in [-0.1, -0.05) is 6.92 Å².